The van der Waals surface area contributed by atoms with E-state index in [2.05, 4.69) is 30.7 Å². The quantitative estimate of drug-likeness (QED) is 0.318. The predicted octanol–water partition coefficient (Wildman–Crippen LogP) is -0.770. The zero-order valence-electron chi connectivity index (χ0n) is 15.7. The van der Waals surface area contributed by atoms with Crippen molar-refractivity contribution in [2.24, 2.45) is 10.9 Å². The van der Waals surface area contributed by atoms with Crippen LogP contribution in [-0.2, 0) is 9.59 Å². The Bertz CT molecular complexity index is 482. The average molecular weight is 352 g/mol. The molecule has 0 aromatic rings. The summed E-state index contributed by atoms with van der Waals surface area (Å²) < 4.78 is 0. The summed E-state index contributed by atoms with van der Waals surface area (Å²) in [6.07, 6.45) is 2.25. The summed E-state index contributed by atoms with van der Waals surface area (Å²) in [6.45, 7) is 8.86. The fourth-order valence-electron chi connectivity index (χ4n) is 2.72. The van der Waals surface area contributed by atoms with Gasteiger partial charge in [0.2, 0.25) is 11.8 Å². The first-order valence-corrected chi connectivity index (χ1v) is 9.24. The van der Waals surface area contributed by atoms with Crippen LogP contribution < -0.4 is 16.0 Å². The van der Waals surface area contributed by atoms with Gasteiger partial charge in [0, 0.05) is 58.3 Å². The lowest BCUT2D eigenvalue weighted by Gasteiger charge is -2.36. The lowest BCUT2D eigenvalue weighted by atomic mass is 10.2. The van der Waals surface area contributed by atoms with Gasteiger partial charge < -0.3 is 20.9 Å². The minimum absolute atomic E-state index is 0.00417. The van der Waals surface area contributed by atoms with Crippen molar-refractivity contribution in [1.82, 2.24) is 25.8 Å². The van der Waals surface area contributed by atoms with E-state index < -0.39 is 0 Å². The predicted molar refractivity (Wildman–Crippen MR) is 98.4 cm³/mol. The third-order valence-electron chi connectivity index (χ3n) is 4.43. The molecule has 0 aromatic heterocycles. The smallest absolute Gasteiger partial charge is 0.234 e. The summed E-state index contributed by atoms with van der Waals surface area (Å²) in [4.78, 5) is 32.1. The molecule has 2 aliphatic rings. The number of carbonyl (C=O) groups is 2. The van der Waals surface area contributed by atoms with Gasteiger partial charge in [-0.25, -0.2) is 0 Å². The molecule has 1 heterocycles. The van der Waals surface area contributed by atoms with Crippen LogP contribution in [0.5, 0.6) is 0 Å². The SMILES string of the molecule is CN=C(NCCNC(=O)C(C)C)N1CCN(CC(=O)NC2CC2)CC1. The molecule has 0 radical (unpaired) electrons. The van der Waals surface area contributed by atoms with Crippen LogP contribution in [-0.4, -0.2) is 86.5 Å². The topological polar surface area (TPSA) is 89.1 Å². The van der Waals surface area contributed by atoms with Crippen LogP contribution in [0.3, 0.4) is 0 Å². The van der Waals surface area contributed by atoms with Crippen molar-refractivity contribution in [3.05, 3.63) is 0 Å². The molecule has 1 saturated carbocycles. The van der Waals surface area contributed by atoms with E-state index in [0.29, 0.717) is 25.7 Å². The molecule has 8 heteroatoms. The van der Waals surface area contributed by atoms with Gasteiger partial charge in [-0.05, 0) is 12.8 Å². The molecule has 0 aromatic carbocycles. The molecule has 1 aliphatic heterocycles. The number of amides is 2. The highest BCUT2D eigenvalue weighted by Crippen LogP contribution is 2.18. The van der Waals surface area contributed by atoms with Crippen LogP contribution in [0.25, 0.3) is 0 Å². The average Bonchev–Trinajstić information content (AvgIpc) is 3.39. The van der Waals surface area contributed by atoms with E-state index in [4.69, 9.17) is 0 Å². The molecule has 0 bridgehead atoms. The van der Waals surface area contributed by atoms with Gasteiger partial charge in [-0.1, -0.05) is 13.8 Å². The molecule has 0 atom stereocenters. The maximum Gasteiger partial charge on any atom is 0.234 e. The van der Waals surface area contributed by atoms with Crippen LogP contribution in [0.15, 0.2) is 4.99 Å². The molecular formula is C17H32N6O2. The standard InChI is InChI=1S/C17H32N6O2/c1-13(2)16(25)19-6-7-20-17(18-3)23-10-8-22(9-11-23)12-15(24)21-14-4-5-14/h13-14H,4-12H2,1-3H3,(H,18,20)(H,19,25)(H,21,24). The summed E-state index contributed by atoms with van der Waals surface area (Å²) in [5, 5.41) is 9.21. The summed E-state index contributed by atoms with van der Waals surface area (Å²) in [7, 11) is 1.77. The number of nitrogens with one attached hydrogen (secondary N) is 3. The Morgan fingerprint density at radius 2 is 1.72 bits per heavy atom. The minimum Gasteiger partial charge on any atom is -0.354 e. The molecule has 1 saturated heterocycles. The molecule has 25 heavy (non-hydrogen) atoms. The number of aliphatic imine (C=N–C) groups is 1. The van der Waals surface area contributed by atoms with E-state index in [1.165, 1.54) is 0 Å². The van der Waals surface area contributed by atoms with Crippen molar-refractivity contribution < 1.29 is 9.59 Å². The maximum absolute atomic E-state index is 11.9. The molecule has 2 fully saturated rings. The molecule has 142 valence electrons. The van der Waals surface area contributed by atoms with Crippen molar-refractivity contribution >= 4 is 17.8 Å². The molecule has 2 rings (SSSR count). The van der Waals surface area contributed by atoms with Gasteiger partial charge in [-0.15, -0.1) is 0 Å². The fraction of sp³-hybridized carbons (Fsp3) is 0.824. The second-order valence-electron chi connectivity index (χ2n) is 7.02. The van der Waals surface area contributed by atoms with Crippen molar-refractivity contribution in [1.29, 1.82) is 0 Å². The first-order chi connectivity index (χ1) is 12.0. The Kier molecular flexibility index (Phi) is 7.49. The first-order valence-electron chi connectivity index (χ1n) is 9.24. The third-order valence-corrected chi connectivity index (χ3v) is 4.43. The Hall–Kier alpha value is -1.83. The van der Waals surface area contributed by atoms with Gasteiger partial charge >= 0.3 is 0 Å². The first kappa shape index (κ1) is 19.5. The number of hydrogen-bond acceptors (Lipinski definition) is 4. The lowest BCUT2D eigenvalue weighted by Crippen LogP contribution is -2.54. The van der Waals surface area contributed by atoms with E-state index >= 15 is 0 Å². The van der Waals surface area contributed by atoms with E-state index in [1.807, 2.05) is 13.8 Å². The molecule has 2 amide bonds. The number of carbonyl (C=O) groups excluding carboxylic acids is 2. The van der Waals surface area contributed by atoms with Crippen LogP contribution in [0.2, 0.25) is 0 Å². The molecule has 8 nitrogen and oxygen atoms in total. The Labute approximate surface area is 150 Å². The number of guanidine groups is 1. The van der Waals surface area contributed by atoms with Gasteiger partial charge in [0.25, 0.3) is 0 Å². The van der Waals surface area contributed by atoms with Gasteiger partial charge in [-0.2, -0.15) is 0 Å². The fourth-order valence-corrected chi connectivity index (χ4v) is 2.72. The van der Waals surface area contributed by atoms with E-state index in [1.54, 1.807) is 7.05 Å². The van der Waals surface area contributed by atoms with Crippen LogP contribution >= 0.6 is 0 Å². The second-order valence-corrected chi connectivity index (χ2v) is 7.02. The Morgan fingerprint density at radius 1 is 1.08 bits per heavy atom. The number of hydrogen-bond donors (Lipinski definition) is 3. The van der Waals surface area contributed by atoms with Gasteiger partial charge in [0.05, 0.1) is 6.54 Å². The van der Waals surface area contributed by atoms with Crippen LogP contribution in [0.1, 0.15) is 26.7 Å². The van der Waals surface area contributed by atoms with E-state index in [-0.39, 0.29) is 17.7 Å². The Morgan fingerprint density at radius 3 is 2.28 bits per heavy atom. The number of rotatable bonds is 7. The van der Waals surface area contributed by atoms with Gasteiger partial charge in [0.15, 0.2) is 5.96 Å². The minimum atomic E-state index is 0.00417. The van der Waals surface area contributed by atoms with Gasteiger partial charge in [0.1, 0.15) is 0 Å². The monoisotopic (exact) mass is 352 g/mol. The normalized spacial score (nSPS) is 19.0. The van der Waals surface area contributed by atoms with Crippen molar-refractivity contribution in [2.75, 3.05) is 52.9 Å². The molecule has 0 unspecified atom stereocenters. The van der Waals surface area contributed by atoms with Crippen molar-refractivity contribution in [2.45, 2.75) is 32.7 Å². The highest BCUT2D eigenvalue weighted by molar-refractivity contribution is 5.81. The summed E-state index contributed by atoms with van der Waals surface area (Å²) in [5.41, 5.74) is 0. The van der Waals surface area contributed by atoms with E-state index in [0.717, 1.165) is 45.0 Å². The van der Waals surface area contributed by atoms with E-state index in [9.17, 15) is 9.59 Å². The van der Waals surface area contributed by atoms with Gasteiger partial charge in [-0.3, -0.25) is 19.5 Å². The molecule has 1 aliphatic carbocycles. The highest BCUT2D eigenvalue weighted by atomic mass is 16.2. The van der Waals surface area contributed by atoms with Crippen molar-refractivity contribution in [3.63, 3.8) is 0 Å². The molecular weight excluding hydrogens is 320 g/mol. The Balaban J connectivity index is 1.63. The number of nitrogens with zero attached hydrogens (tertiary/aromatic N) is 3. The molecule has 0 spiro atoms. The summed E-state index contributed by atoms with van der Waals surface area (Å²) >= 11 is 0. The highest BCUT2D eigenvalue weighted by Gasteiger charge is 2.25. The lowest BCUT2D eigenvalue weighted by molar-refractivity contribution is -0.124. The zero-order chi connectivity index (χ0) is 18.2. The third kappa shape index (κ3) is 6.89. The second kappa shape index (κ2) is 9.60. The largest absolute Gasteiger partial charge is 0.354 e. The van der Waals surface area contributed by atoms with Crippen molar-refractivity contribution in [3.8, 4) is 0 Å². The number of piperazine rings is 1. The summed E-state index contributed by atoms with van der Waals surface area (Å²) in [6, 6.07) is 0.424. The van der Waals surface area contributed by atoms with Crippen LogP contribution in [0.4, 0.5) is 0 Å². The molecule has 3 N–H and O–H groups in total. The van der Waals surface area contributed by atoms with Crippen LogP contribution in [0, 0.1) is 5.92 Å². The zero-order valence-corrected chi connectivity index (χ0v) is 15.7. The maximum atomic E-state index is 11.9. The summed E-state index contributed by atoms with van der Waals surface area (Å²) in [5.74, 6) is 1.06.